The molecule has 0 aromatic heterocycles. The van der Waals surface area contributed by atoms with Gasteiger partial charge in [-0.2, -0.15) is 0 Å². The molecule has 0 atom stereocenters. The molecule has 2 aromatic rings. The van der Waals surface area contributed by atoms with Crippen LogP contribution >= 0.6 is 0 Å². The van der Waals surface area contributed by atoms with Gasteiger partial charge in [-0.25, -0.2) is 0 Å². The van der Waals surface area contributed by atoms with Crippen LogP contribution in [0, 0.1) is 0 Å². The molecule has 0 aliphatic carbocycles. The van der Waals surface area contributed by atoms with Gasteiger partial charge in [-0.1, -0.05) is 63.1 Å². The van der Waals surface area contributed by atoms with Crippen molar-refractivity contribution in [3.8, 4) is 5.75 Å². The molecule has 0 fully saturated rings. The van der Waals surface area contributed by atoms with Crippen molar-refractivity contribution >= 4 is 11.9 Å². The van der Waals surface area contributed by atoms with Crippen LogP contribution in [0.3, 0.4) is 0 Å². The summed E-state index contributed by atoms with van der Waals surface area (Å²) in [4.78, 5) is 14.9. The average Bonchev–Trinajstić information content (AvgIpc) is 2.82. The van der Waals surface area contributed by atoms with Gasteiger partial charge in [0.1, 0.15) is 5.75 Å². The standard InChI is InChI=1S/C28H39NO2/c1-3-5-21-29(22-6-4-2)23-11-8-12-24-31-27-18-16-26(17-19-27)28(30)20-15-25-13-9-7-10-14-25/h7,9-10,13-20H,3-6,8,11-12,21-24H2,1-2H3/b20-15+. The topological polar surface area (TPSA) is 29.5 Å². The monoisotopic (exact) mass is 421 g/mol. The number of hydrogen-bond acceptors (Lipinski definition) is 3. The van der Waals surface area contributed by atoms with E-state index in [-0.39, 0.29) is 5.78 Å². The van der Waals surface area contributed by atoms with Crippen LogP contribution in [0.25, 0.3) is 6.08 Å². The predicted molar refractivity (Wildman–Crippen MR) is 132 cm³/mol. The maximum absolute atomic E-state index is 12.3. The molecule has 0 spiro atoms. The van der Waals surface area contributed by atoms with Crippen molar-refractivity contribution in [2.24, 2.45) is 0 Å². The number of carbonyl (C=O) groups excluding carboxylic acids is 1. The minimum Gasteiger partial charge on any atom is -0.494 e. The van der Waals surface area contributed by atoms with Crippen LogP contribution in [0.1, 0.15) is 74.7 Å². The largest absolute Gasteiger partial charge is 0.494 e. The SMILES string of the molecule is CCCCN(CCCC)CCCCCOc1ccc(C(=O)/C=C/c2ccccc2)cc1. The molecule has 2 rings (SSSR count). The first-order valence-electron chi connectivity index (χ1n) is 12.0. The molecule has 0 amide bonds. The number of allylic oxidation sites excluding steroid dienone is 1. The smallest absolute Gasteiger partial charge is 0.185 e. The minimum atomic E-state index is 0.00565. The third-order valence-corrected chi connectivity index (χ3v) is 5.41. The van der Waals surface area contributed by atoms with Crippen molar-refractivity contribution in [3.63, 3.8) is 0 Å². The highest BCUT2D eigenvalue weighted by Crippen LogP contribution is 2.14. The van der Waals surface area contributed by atoms with Crippen molar-refractivity contribution in [2.75, 3.05) is 26.2 Å². The molecular formula is C28H39NO2. The highest BCUT2D eigenvalue weighted by Gasteiger charge is 2.04. The van der Waals surface area contributed by atoms with Gasteiger partial charge >= 0.3 is 0 Å². The van der Waals surface area contributed by atoms with E-state index in [4.69, 9.17) is 4.74 Å². The first-order valence-corrected chi connectivity index (χ1v) is 12.0. The molecule has 2 aromatic carbocycles. The highest BCUT2D eigenvalue weighted by atomic mass is 16.5. The summed E-state index contributed by atoms with van der Waals surface area (Å²) >= 11 is 0. The number of unbranched alkanes of at least 4 members (excludes halogenated alkanes) is 4. The predicted octanol–water partition coefficient (Wildman–Crippen LogP) is 7.03. The zero-order chi connectivity index (χ0) is 22.2. The summed E-state index contributed by atoms with van der Waals surface area (Å²) in [6.07, 6.45) is 12.1. The van der Waals surface area contributed by atoms with E-state index in [2.05, 4.69) is 18.7 Å². The summed E-state index contributed by atoms with van der Waals surface area (Å²) in [7, 11) is 0. The molecular weight excluding hydrogens is 382 g/mol. The van der Waals surface area contributed by atoms with E-state index < -0.39 is 0 Å². The second-order valence-electron chi connectivity index (χ2n) is 8.09. The van der Waals surface area contributed by atoms with Crippen molar-refractivity contribution in [1.82, 2.24) is 4.90 Å². The molecule has 31 heavy (non-hydrogen) atoms. The zero-order valence-electron chi connectivity index (χ0n) is 19.4. The van der Waals surface area contributed by atoms with Crippen LogP contribution in [0.15, 0.2) is 60.7 Å². The Morgan fingerprint density at radius 2 is 1.45 bits per heavy atom. The number of ether oxygens (including phenoxy) is 1. The van der Waals surface area contributed by atoms with Gasteiger partial charge in [-0.3, -0.25) is 4.79 Å². The van der Waals surface area contributed by atoms with Gasteiger partial charge in [0, 0.05) is 5.56 Å². The van der Waals surface area contributed by atoms with Crippen LogP contribution in [0.5, 0.6) is 5.75 Å². The molecule has 168 valence electrons. The second-order valence-corrected chi connectivity index (χ2v) is 8.09. The van der Waals surface area contributed by atoms with Gasteiger partial charge in [0.05, 0.1) is 6.61 Å². The summed E-state index contributed by atoms with van der Waals surface area (Å²) in [5.41, 5.74) is 1.70. The minimum absolute atomic E-state index is 0.00565. The quantitative estimate of drug-likeness (QED) is 0.165. The molecule has 0 unspecified atom stereocenters. The fraction of sp³-hybridized carbons (Fsp3) is 0.464. The van der Waals surface area contributed by atoms with Gasteiger partial charge in [0.15, 0.2) is 5.78 Å². The van der Waals surface area contributed by atoms with E-state index in [9.17, 15) is 4.79 Å². The molecule has 3 heteroatoms. The van der Waals surface area contributed by atoms with Crippen molar-refractivity contribution in [1.29, 1.82) is 0 Å². The van der Waals surface area contributed by atoms with Crippen LogP contribution in [-0.4, -0.2) is 36.9 Å². The van der Waals surface area contributed by atoms with Gasteiger partial charge in [0.2, 0.25) is 0 Å². The molecule has 0 saturated heterocycles. The van der Waals surface area contributed by atoms with E-state index in [1.165, 1.54) is 58.2 Å². The van der Waals surface area contributed by atoms with Gasteiger partial charge in [-0.15, -0.1) is 0 Å². The summed E-state index contributed by atoms with van der Waals surface area (Å²) < 4.78 is 5.86. The molecule has 0 aliphatic rings. The first-order chi connectivity index (χ1) is 15.2. The Kier molecular flexibility index (Phi) is 12.4. The van der Waals surface area contributed by atoms with E-state index in [1.807, 2.05) is 60.7 Å². The summed E-state index contributed by atoms with van der Waals surface area (Å²) in [5.74, 6) is 0.835. The third kappa shape index (κ3) is 10.5. The van der Waals surface area contributed by atoms with Crippen molar-refractivity contribution < 1.29 is 9.53 Å². The van der Waals surface area contributed by atoms with E-state index in [1.54, 1.807) is 6.08 Å². The Bertz CT molecular complexity index is 744. The number of nitrogens with zero attached hydrogens (tertiary/aromatic N) is 1. The molecule has 0 N–H and O–H groups in total. The van der Waals surface area contributed by atoms with Crippen molar-refractivity contribution in [2.45, 2.75) is 58.8 Å². The number of carbonyl (C=O) groups is 1. The molecule has 0 bridgehead atoms. The molecule has 3 nitrogen and oxygen atoms in total. The third-order valence-electron chi connectivity index (χ3n) is 5.41. The van der Waals surface area contributed by atoms with Crippen LogP contribution in [0.4, 0.5) is 0 Å². The zero-order valence-corrected chi connectivity index (χ0v) is 19.4. The number of hydrogen-bond donors (Lipinski definition) is 0. The lowest BCUT2D eigenvalue weighted by molar-refractivity contribution is 0.104. The second kappa shape index (κ2) is 15.4. The lowest BCUT2D eigenvalue weighted by atomic mass is 10.1. The van der Waals surface area contributed by atoms with Crippen molar-refractivity contribution in [3.05, 3.63) is 71.8 Å². The molecule has 0 heterocycles. The van der Waals surface area contributed by atoms with E-state index in [0.29, 0.717) is 5.56 Å². The van der Waals surface area contributed by atoms with Crippen LogP contribution < -0.4 is 4.74 Å². The molecule has 0 radical (unpaired) electrons. The first kappa shape index (κ1) is 24.9. The lowest BCUT2D eigenvalue weighted by Gasteiger charge is -2.21. The maximum atomic E-state index is 12.3. The summed E-state index contributed by atoms with van der Waals surface area (Å²) in [6, 6.07) is 17.3. The lowest BCUT2D eigenvalue weighted by Crippen LogP contribution is -2.27. The number of benzene rings is 2. The Hall–Kier alpha value is -2.39. The average molecular weight is 422 g/mol. The highest BCUT2D eigenvalue weighted by molar-refractivity contribution is 6.06. The summed E-state index contributed by atoms with van der Waals surface area (Å²) in [6.45, 7) is 8.92. The van der Waals surface area contributed by atoms with E-state index >= 15 is 0 Å². The number of ketones is 1. The Balaban J connectivity index is 1.65. The maximum Gasteiger partial charge on any atom is 0.185 e. The number of rotatable bonds is 16. The van der Waals surface area contributed by atoms with Gasteiger partial charge < -0.3 is 9.64 Å². The molecule has 0 saturated carbocycles. The van der Waals surface area contributed by atoms with Gasteiger partial charge in [0.25, 0.3) is 0 Å². The van der Waals surface area contributed by atoms with Gasteiger partial charge in [-0.05, 0) is 87.6 Å². The molecule has 0 aliphatic heterocycles. The Labute approximate surface area is 189 Å². The normalized spacial score (nSPS) is 11.3. The Morgan fingerprint density at radius 3 is 2.10 bits per heavy atom. The fourth-order valence-corrected chi connectivity index (χ4v) is 3.45. The van der Waals surface area contributed by atoms with Crippen LogP contribution in [0.2, 0.25) is 0 Å². The Morgan fingerprint density at radius 1 is 0.806 bits per heavy atom. The fourth-order valence-electron chi connectivity index (χ4n) is 3.45. The van der Waals surface area contributed by atoms with Crippen LogP contribution in [-0.2, 0) is 0 Å². The van der Waals surface area contributed by atoms with E-state index in [0.717, 1.165) is 24.3 Å². The summed E-state index contributed by atoms with van der Waals surface area (Å²) in [5, 5.41) is 0.